The third-order valence-electron chi connectivity index (χ3n) is 6.56. The second-order valence-corrected chi connectivity index (χ2v) is 14.7. The van der Waals surface area contributed by atoms with E-state index in [4.69, 9.17) is 9.47 Å². The van der Waals surface area contributed by atoms with Crippen LogP contribution in [0.2, 0.25) is 0 Å². The van der Waals surface area contributed by atoms with Crippen molar-refractivity contribution in [3.63, 3.8) is 0 Å². The Morgan fingerprint density at radius 3 is 2.44 bits per heavy atom. The molecule has 1 fully saturated rings. The molecule has 1 N–H and O–H groups in total. The third kappa shape index (κ3) is 7.66. The number of amides is 1. The molecule has 0 unspecified atom stereocenters. The molecule has 0 spiro atoms. The SMILES string of the molecule is CCCCOCC(=O)CC1(S(=O)(=O)N(C(=O)OC(C)(C)C)c2cc(C)c(=O)n(C)c2Nc2ccc(I)cc2F)CC1. The van der Waals surface area contributed by atoms with Crippen molar-refractivity contribution in [2.45, 2.75) is 77.1 Å². The predicted molar refractivity (Wildman–Crippen MR) is 164 cm³/mol. The summed E-state index contributed by atoms with van der Waals surface area (Å²) in [5.74, 6) is -1.18. The van der Waals surface area contributed by atoms with Crippen molar-refractivity contribution in [2.75, 3.05) is 22.8 Å². The lowest BCUT2D eigenvalue weighted by Crippen LogP contribution is -2.48. The van der Waals surface area contributed by atoms with Gasteiger partial charge in [0.05, 0.1) is 10.4 Å². The van der Waals surface area contributed by atoms with Crippen LogP contribution < -0.4 is 15.2 Å². The van der Waals surface area contributed by atoms with Gasteiger partial charge < -0.3 is 14.8 Å². The van der Waals surface area contributed by atoms with E-state index >= 15 is 0 Å². The Morgan fingerprint density at radius 1 is 1.22 bits per heavy atom. The van der Waals surface area contributed by atoms with Gasteiger partial charge in [0, 0.05) is 29.2 Å². The van der Waals surface area contributed by atoms with Crippen molar-refractivity contribution >= 4 is 61.7 Å². The zero-order chi connectivity index (χ0) is 30.8. The summed E-state index contributed by atoms with van der Waals surface area (Å²) >= 11 is 1.95. The van der Waals surface area contributed by atoms with Crippen LogP contribution in [0.1, 0.15) is 65.4 Å². The first-order chi connectivity index (χ1) is 19.0. The molecule has 1 saturated carbocycles. The molecule has 0 aliphatic heterocycles. The lowest BCUT2D eigenvalue weighted by Gasteiger charge is -2.32. The maximum atomic E-state index is 14.9. The highest BCUT2D eigenvalue weighted by molar-refractivity contribution is 14.1. The summed E-state index contributed by atoms with van der Waals surface area (Å²) in [5, 5.41) is 2.81. The van der Waals surface area contributed by atoms with Crippen LogP contribution in [-0.2, 0) is 31.3 Å². The Hall–Kier alpha value is -2.52. The van der Waals surface area contributed by atoms with Crippen molar-refractivity contribution in [3.8, 4) is 0 Å². The summed E-state index contributed by atoms with van der Waals surface area (Å²) in [4.78, 5) is 39.4. The van der Waals surface area contributed by atoms with Gasteiger partial charge in [-0.05, 0) is 93.8 Å². The van der Waals surface area contributed by atoms with E-state index in [2.05, 4.69) is 5.32 Å². The number of hydrogen-bond acceptors (Lipinski definition) is 8. The minimum atomic E-state index is -4.59. The number of aromatic nitrogens is 1. The largest absolute Gasteiger partial charge is 0.443 e. The second-order valence-electron chi connectivity index (χ2n) is 11.2. The van der Waals surface area contributed by atoms with Crippen LogP contribution >= 0.6 is 22.6 Å². The Bertz CT molecular complexity index is 1480. The van der Waals surface area contributed by atoms with Crippen molar-refractivity contribution in [1.82, 2.24) is 4.57 Å². The van der Waals surface area contributed by atoms with Crippen LogP contribution in [0.3, 0.4) is 0 Å². The molecule has 10 nitrogen and oxygen atoms in total. The van der Waals surface area contributed by atoms with E-state index in [1.54, 1.807) is 26.8 Å². The van der Waals surface area contributed by atoms with Gasteiger partial charge in [-0.25, -0.2) is 17.6 Å². The van der Waals surface area contributed by atoms with Gasteiger partial charge >= 0.3 is 6.09 Å². The zero-order valence-corrected chi connectivity index (χ0v) is 27.1. The van der Waals surface area contributed by atoms with Gasteiger partial charge in [-0.3, -0.25) is 14.2 Å². The summed E-state index contributed by atoms with van der Waals surface area (Å²) in [6.07, 6.45) is 0.397. The number of pyridine rings is 1. The highest BCUT2D eigenvalue weighted by atomic mass is 127. The fourth-order valence-electron chi connectivity index (χ4n) is 4.23. The van der Waals surface area contributed by atoms with Gasteiger partial charge in [0.15, 0.2) is 5.78 Å². The number of ketones is 1. The van der Waals surface area contributed by atoms with Crippen molar-refractivity contribution in [1.29, 1.82) is 0 Å². The van der Waals surface area contributed by atoms with Crippen LogP contribution in [0.15, 0.2) is 29.1 Å². The van der Waals surface area contributed by atoms with E-state index in [1.165, 1.54) is 32.2 Å². The lowest BCUT2D eigenvalue weighted by atomic mass is 10.2. The molecule has 0 atom stereocenters. The fraction of sp³-hybridized carbons (Fsp3) is 0.536. The maximum absolute atomic E-state index is 14.9. The number of aryl methyl sites for hydroxylation is 1. The number of nitrogens with zero attached hydrogens (tertiary/aromatic N) is 2. The molecule has 1 aromatic heterocycles. The van der Waals surface area contributed by atoms with Crippen molar-refractivity contribution in [3.05, 3.63) is 49.6 Å². The average molecular weight is 706 g/mol. The predicted octanol–water partition coefficient (Wildman–Crippen LogP) is 5.56. The number of anilines is 3. The number of carbonyl (C=O) groups is 2. The van der Waals surface area contributed by atoms with E-state index in [-0.39, 0.29) is 48.6 Å². The Kier molecular flexibility index (Phi) is 10.3. The molecular weight excluding hydrogens is 668 g/mol. The van der Waals surface area contributed by atoms with Gasteiger partial charge in [0.2, 0.25) is 0 Å². The number of unbranched alkanes of at least 4 members (excludes halogenated alkanes) is 1. The highest BCUT2D eigenvalue weighted by Gasteiger charge is 2.60. The Morgan fingerprint density at radius 2 is 1.88 bits per heavy atom. The van der Waals surface area contributed by atoms with Gasteiger partial charge in [-0.15, -0.1) is 0 Å². The van der Waals surface area contributed by atoms with Crippen molar-refractivity contribution in [2.24, 2.45) is 7.05 Å². The average Bonchev–Trinajstić information content (AvgIpc) is 3.64. The molecule has 41 heavy (non-hydrogen) atoms. The number of benzene rings is 1. The maximum Gasteiger partial charge on any atom is 0.429 e. The highest BCUT2D eigenvalue weighted by Crippen LogP contribution is 2.50. The smallest absolute Gasteiger partial charge is 0.429 e. The van der Waals surface area contributed by atoms with Gasteiger partial charge in [-0.1, -0.05) is 13.3 Å². The van der Waals surface area contributed by atoms with Crippen LogP contribution in [-0.4, -0.2) is 48.4 Å². The molecule has 1 aromatic carbocycles. The van der Waals surface area contributed by atoms with Crippen molar-refractivity contribution < 1.29 is 31.9 Å². The number of carbonyl (C=O) groups excluding carboxylic acids is 2. The molecule has 0 bridgehead atoms. The standard InChI is InChI=1S/C28H37FIN3O7S/c1-7-8-13-39-17-20(34)16-28(11-12-28)41(37,38)33(26(36)40-27(3,4)5)23-14-18(2)25(35)32(6)24(23)31-22-10-9-19(30)15-21(22)29/h9-10,14-15,31H,7-8,11-13,16-17H2,1-6H3. The molecule has 2 aromatic rings. The summed E-state index contributed by atoms with van der Waals surface area (Å²) < 4.78 is 55.1. The molecule has 0 radical (unpaired) electrons. The first-order valence-corrected chi connectivity index (χ1v) is 15.8. The number of hydrogen-bond donors (Lipinski definition) is 1. The number of Topliss-reactive ketones (excluding diaryl/α,β-unsaturated/α-hetero) is 1. The first-order valence-electron chi connectivity index (χ1n) is 13.3. The number of ether oxygens (including phenoxy) is 2. The van der Waals surface area contributed by atoms with Gasteiger partial charge in [0.25, 0.3) is 15.6 Å². The molecule has 1 heterocycles. The van der Waals surface area contributed by atoms with E-state index < -0.39 is 43.6 Å². The zero-order valence-electron chi connectivity index (χ0n) is 24.2. The number of sulfonamides is 1. The molecule has 13 heteroatoms. The molecule has 1 aliphatic carbocycles. The molecule has 3 rings (SSSR count). The summed E-state index contributed by atoms with van der Waals surface area (Å²) in [6, 6.07) is 5.60. The number of halogens is 2. The molecule has 1 aliphatic rings. The van der Waals surface area contributed by atoms with Crippen LogP contribution in [0.5, 0.6) is 0 Å². The van der Waals surface area contributed by atoms with Crippen LogP contribution in [0, 0.1) is 16.3 Å². The summed E-state index contributed by atoms with van der Waals surface area (Å²) in [5.41, 5.74) is -1.67. The van der Waals surface area contributed by atoms with Crippen LogP contribution in [0.25, 0.3) is 0 Å². The third-order valence-corrected chi connectivity index (χ3v) is 9.70. The monoisotopic (exact) mass is 705 g/mol. The Labute approximate surface area is 253 Å². The molecule has 226 valence electrons. The van der Waals surface area contributed by atoms with E-state index in [0.29, 0.717) is 14.5 Å². The summed E-state index contributed by atoms with van der Waals surface area (Å²) in [7, 11) is -3.21. The number of nitrogens with one attached hydrogen (secondary N) is 1. The second kappa shape index (κ2) is 12.8. The number of rotatable bonds is 12. The minimum Gasteiger partial charge on any atom is -0.443 e. The van der Waals surface area contributed by atoms with Gasteiger partial charge in [-0.2, -0.15) is 4.31 Å². The molecular formula is C28H37FIN3O7S. The summed E-state index contributed by atoms with van der Waals surface area (Å²) in [6.45, 7) is 8.38. The van der Waals surface area contributed by atoms with Crippen LogP contribution in [0.4, 0.5) is 26.4 Å². The normalized spacial score (nSPS) is 14.4. The topological polar surface area (TPSA) is 124 Å². The molecule has 0 saturated heterocycles. The first kappa shape index (κ1) is 33.0. The Balaban J connectivity index is 2.15. The van der Waals surface area contributed by atoms with E-state index in [9.17, 15) is 27.2 Å². The van der Waals surface area contributed by atoms with E-state index in [0.717, 1.165) is 17.4 Å². The minimum absolute atomic E-state index is 0.0346. The quantitative estimate of drug-likeness (QED) is 0.225. The molecule has 1 amide bonds. The lowest BCUT2D eigenvalue weighted by molar-refractivity contribution is -0.123. The van der Waals surface area contributed by atoms with Gasteiger partial charge in [0.1, 0.15) is 29.5 Å². The van der Waals surface area contributed by atoms with E-state index in [1.807, 2.05) is 29.5 Å². The fourth-order valence-corrected chi connectivity index (χ4v) is 6.66.